The summed E-state index contributed by atoms with van der Waals surface area (Å²) < 4.78 is 0. The van der Waals surface area contributed by atoms with Crippen LogP contribution < -0.4 is 5.73 Å². The Morgan fingerprint density at radius 1 is 1.33 bits per heavy atom. The fraction of sp³-hybridized carbons (Fsp3) is 0.400. The van der Waals surface area contributed by atoms with Crippen molar-refractivity contribution in [2.24, 2.45) is 5.73 Å². The molecule has 0 bridgehead atoms. The van der Waals surface area contributed by atoms with Crippen molar-refractivity contribution in [3.63, 3.8) is 0 Å². The fourth-order valence-electron chi connectivity index (χ4n) is 2.81. The number of para-hydroxylation sites is 1. The molecule has 3 nitrogen and oxygen atoms in total. The Hall–Kier alpha value is -1.45. The van der Waals surface area contributed by atoms with Crippen LogP contribution in [0.4, 0.5) is 0 Å². The minimum atomic E-state index is 0.552. The van der Waals surface area contributed by atoms with Crippen LogP contribution in [0.3, 0.4) is 0 Å². The van der Waals surface area contributed by atoms with Crippen molar-refractivity contribution < 1.29 is 0 Å². The van der Waals surface area contributed by atoms with E-state index >= 15 is 0 Å². The molecule has 0 amide bonds. The molecule has 1 aliphatic heterocycles. The van der Waals surface area contributed by atoms with Crippen LogP contribution in [0.15, 0.2) is 36.5 Å². The summed E-state index contributed by atoms with van der Waals surface area (Å²) in [6.45, 7) is 2.90. The van der Waals surface area contributed by atoms with Gasteiger partial charge in [-0.05, 0) is 37.1 Å². The number of aromatic nitrogens is 1. The lowest BCUT2D eigenvalue weighted by Crippen LogP contribution is -2.34. The molecule has 18 heavy (non-hydrogen) atoms. The highest BCUT2D eigenvalue weighted by atomic mass is 15.2. The van der Waals surface area contributed by atoms with Crippen molar-refractivity contribution in [3.05, 3.63) is 42.1 Å². The highest BCUT2D eigenvalue weighted by Gasteiger charge is 2.22. The average molecular weight is 241 g/mol. The first-order valence-corrected chi connectivity index (χ1v) is 6.64. The molecule has 2 heterocycles. The molecule has 0 saturated carbocycles. The quantitative estimate of drug-likeness (QED) is 0.895. The number of likely N-dealkylation sites (tertiary alicyclic amines) is 1. The first-order valence-electron chi connectivity index (χ1n) is 6.64. The molecular weight excluding hydrogens is 222 g/mol. The SMILES string of the molecule is NCC1CCCN1Cc1cnc2ccccc2c1. The van der Waals surface area contributed by atoms with Gasteiger partial charge in [-0.25, -0.2) is 0 Å². The number of pyridine rings is 1. The molecule has 1 aromatic heterocycles. The summed E-state index contributed by atoms with van der Waals surface area (Å²) in [6, 6.07) is 11.1. The predicted octanol–water partition coefficient (Wildman–Crippen LogP) is 2.16. The molecule has 1 atom stereocenters. The van der Waals surface area contributed by atoms with Gasteiger partial charge in [-0.2, -0.15) is 0 Å². The van der Waals surface area contributed by atoms with Gasteiger partial charge < -0.3 is 5.73 Å². The van der Waals surface area contributed by atoms with Crippen LogP contribution in [-0.2, 0) is 6.54 Å². The van der Waals surface area contributed by atoms with Gasteiger partial charge >= 0.3 is 0 Å². The maximum atomic E-state index is 5.81. The van der Waals surface area contributed by atoms with Gasteiger partial charge in [0.25, 0.3) is 0 Å². The first-order chi connectivity index (χ1) is 8.86. The molecule has 2 aromatic rings. The van der Waals surface area contributed by atoms with E-state index in [9.17, 15) is 0 Å². The van der Waals surface area contributed by atoms with E-state index in [4.69, 9.17) is 5.73 Å². The summed E-state index contributed by atoms with van der Waals surface area (Å²) in [6.07, 6.45) is 4.49. The third-order valence-electron chi connectivity index (χ3n) is 3.80. The van der Waals surface area contributed by atoms with Gasteiger partial charge in [0.1, 0.15) is 0 Å². The van der Waals surface area contributed by atoms with E-state index in [-0.39, 0.29) is 0 Å². The third kappa shape index (κ3) is 2.24. The summed E-state index contributed by atoms with van der Waals surface area (Å²) in [4.78, 5) is 6.99. The molecule has 1 fully saturated rings. The number of hydrogen-bond donors (Lipinski definition) is 1. The average Bonchev–Trinajstić information content (AvgIpc) is 2.86. The van der Waals surface area contributed by atoms with Gasteiger partial charge in [0.15, 0.2) is 0 Å². The second-order valence-corrected chi connectivity index (χ2v) is 5.04. The molecular formula is C15H19N3. The zero-order chi connectivity index (χ0) is 12.4. The predicted molar refractivity (Wildman–Crippen MR) is 74.2 cm³/mol. The molecule has 3 rings (SSSR count). The zero-order valence-electron chi connectivity index (χ0n) is 10.5. The van der Waals surface area contributed by atoms with Crippen molar-refractivity contribution in [1.82, 2.24) is 9.88 Å². The topological polar surface area (TPSA) is 42.1 Å². The molecule has 0 aliphatic carbocycles. The zero-order valence-corrected chi connectivity index (χ0v) is 10.5. The number of benzene rings is 1. The van der Waals surface area contributed by atoms with Crippen LogP contribution in [0, 0.1) is 0 Å². The summed E-state index contributed by atoms with van der Waals surface area (Å²) in [5, 5.41) is 1.22. The first kappa shape index (κ1) is 11.6. The summed E-state index contributed by atoms with van der Waals surface area (Å²) in [7, 11) is 0. The Morgan fingerprint density at radius 3 is 3.11 bits per heavy atom. The van der Waals surface area contributed by atoms with Gasteiger partial charge in [-0.1, -0.05) is 18.2 Å². The summed E-state index contributed by atoms with van der Waals surface area (Å²) >= 11 is 0. The van der Waals surface area contributed by atoms with Crippen LogP contribution in [0.2, 0.25) is 0 Å². The van der Waals surface area contributed by atoms with Crippen LogP contribution in [0.5, 0.6) is 0 Å². The Morgan fingerprint density at radius 2 is 2.22 bits per heavy atom. The minimum Gasteiger partial charge on any atom is -0.329 e. The van der Waals surface area contributed by atoms with Crippen LogP contribution in [-0.4, -0.2) is 29.0 Å². The molecule has 1 saturated heterocycles. The summed E-state index contributed by atoms with van der Waals surface area (Å²) in [5.41, 5.74) is 8.16. The monoisotopic (exact) mass is 241 g/mol. The van der Waals surface area contributed by atoms with E-state index in [0.717, 1.165) is 25.2 Å². The largest absolute Gasteiger partial charge is 0.329 e. The van der Waals surface area contributed by atoms with Crippen molar-refractivity contribution in [3.8, 4) is 0 Å². The standard InChI is InChI=1S/C15H19N3/c16-9-14-5-3-7-18(14)11-12-8-13-4-1-2-6-15(13)17-10-12/h1-2,4,6,8,10,14H,3,5,7,9,11,16H2. The molecule has 1 aliphatic rings. The second-order valence-electron chi connectivity index (χ2n) is 5.04. The molecule has 2 N–H and O–H groups in total. The van der Waals surface area contributed by atoms with Crippen molar-refractivity contribution >= 4 is 10.9 Å². The van der Waals surface area contributed by atoms with E-state index in [1.807, 2.05) is 12.3 Å². The molecule has 1 unspecified atom stereocenters. The lowest BCUT2D eigenvalue weighted by Gasteiger charge is -2.23. The van der Waals surface area contributed by atoms with E-state index in [0.29, 0.717) is 6.04 Å². The summed E-state index contributed by atoms with van der Waals surface area (Å²) in [5.74, 6) is 0. The van der Waals surface area contributed by atoms with E-state index in [1.54, 1.807) is 0 Å². The number of nitrogens with zero attached hydrogens (tertiary/aromatic N) is 2. The Kier molecular flexibility index (Phi) is 3.26. The van der Waals surface area contributed by atoms with Gasteiger partial charge in [0.05, 0.1) is 5.52 Å². The van der Waals surface area contributed by atoms with Gasteiger partial charge in [0, 0.05) is 30.7 Å². The smallest absolute Gasteiger partial charge is 0.0702 e. The maximum absolute atomic E-state index is 5.81. The molecule has 1 aromatic carbocycles. The van der Waals surface area contributed by atoms with E-state index < -0.39 is 0 Å². The minimum absolute atomic E-state index is 0.552. The lowest BCUT2D eigenvalue weighted by atomic mass is 10.1. The third-order valence-corrected chi connectivity index (χ3v) is 3.80. The Labute approximate surface area is 108 Å². The highest BCUT2D eigenvalue weighted by Crippen LogP contribution is 2.20. The fourth-order valence-corrected chi connectivity index (χ4v) is 2.81. The normalized spacial score (nSPS) is 20.6. The molecule has 3 heteroatoms. The van der Waals surface area contributed by atoms with Crippen LogP contribution in [0.25, 0.3) is 10.9 Å². The van der Waals surface area contributed by atoms with E-state index in [1.165, 1.54) is 23.8 Å². The maximum Gasteiger partial charge on any atom is 0.0702 e. The lowest BCUT2D eigenvalue weighted by molar-refractivity contribution is 0.250. The molecule has 94 valence electrons. The Bertz CT molecular complexity index is 538. The van der Waals surface area contributed by atoms with E-state index in [2.05, 4.69) is 34.1 Å². The second kappa shape index (κ2) is 5.04. The number of nitrogens with two attached hydrogens (primary N) is 1. The highest BCUT2D eigenvalue weighted by molar-refractivity contribution is 5.78. The molecule has 0 spiro atoms. The number of fused-ring (bicyclic) bond motifs is 1. The molecule has 0 radical (unpaired) electrons. The number of hydrogen-bond acceptors (Lipinski definition) is 3. The number of rotatable bonds is 3. The van der Waals surface area contributed by atoms with Crippen molar-refractivity contribution in [2.75, 3.05) is 13.1 Å². The van der Waals surface area contributed by atoms with Crippen LogP contribution >= 0.6 is 0 Å². The van der Waals surface area contributed by atoms with Gasteiger partial charge in [0.2, 0.25) is 0 Å². The Balaban J connectivity index is 1.82. The van der Waals surface area contributed by atoms with Gasteiger partial charge in [-0.15, -0.1) is 0 Å². The van der Waals surface area contributed by atoms with Crippen molar-refractivity contribution in [1.29, 1.82) is 0 Å². The van der Waals surface area contributed by atoms with Crippen molar-refractivity contribution in [2.45, 2.75) is 25.4 Å². The van der Waals surface area contributed by atoms with Gasteiger partial charge in [-0.3, -0.25) is 9.88 Å². The van der Waals surface area contributed by atoms with Crippen LogP contribution in [0.1, 0.15) is 18.4 Å².